The van der Waals surface area contributed by atoms with Crippen LogP contribution in [0.15, 0.2) is 30.5 Å². The number of nitrogens with one attached hydrogen (secondary N) is 1. The summed E-state index contributed by atoms with van der Waals surface area (Å²) < 4.78 is 0. The maximum absolute atomic E-state index is 6.09. The van der Waals surface area contributed by atoms with Gasteiger partial charge in [0.05, 0.1) is 10.0 Å². The lowest BCUT2D eigenvalue weighted by molar-refractivity contribution is 0.549. The predicted molar refractivity (Wildman–Crippen MR) is 90.0 cm³/mol. The summed E-state index contributed by atoms with van der Waals surface area (Å²) in [5, 5.41) is 4.59. The lowest BCUT2D eigenvalue weighted by atomic mass is 9.98. The first-order valence-corrected chi connectivity index (χ1v) is 7.66. The predicted octanol–water partition coefficient (Wildman–Crippen LogP) is 4.17. The maximum atomic E-state index is 6.09. The molecule has 0 aliphatic rings. The van der Waals surface area contributed by atoms with Crippen LogP contribution in [0.3, 0.4) is 0 Å². The van der Waals surface area contributed by atoms with Gasteiger partial charge < -0.3 is 11.1 Å². The fraction of sp³-hybridized carbons (Fsp3) is 0.312. The van der Waals surface area contributed by atoms with Crippen molar-refractivity contribution in [1.29, 1.82) is 0 Å². The molecule has 3 N–H and O–H groups in total. The number of pyridine rings is 1. The van der Waals surface area contributed by atoms with Crippen LogP contribution in [0.1, 0.15) is 29.7 Å². The van der Waals surface area contributed by atoms with E-state index in [0.717, 1.165) is 29.7 Å². The Labute approximate surface area is 135 Å². The summed E-state index contributed by atoms with van der Waals surface area (Å²) in [7, 11) is 0. The van der Waals surface area contributed by atoms with E-state index in [4.69, 9.17) is 28.9 Å². The molecule has 0 saturated heterocycles. The summed E-state index contributed by atoms with van der Waals surface area (Å²) in [6, 6.07) is 7.87. The number of nitrogens with two attached hydrogens (primary N) is 1. The van der Waals surface area contributed by atoms with Crippen molar-refractivity contribution in [3.8, 4) is 0 Å². The third-order valence-corrected chi connectivity index (χ3v) is 4.08. The minimum Gasteiger partial charge on any atom is -0.383 e. The van der Waals surface area contributed by atoms with Gasteiger partial charge in [0, 0.05) is 17.8 Å². The molecule has 1 atom stereocenters. The fourth-order valence-corrected chi connectivity index (χ4v) is 2.64. The third kappa shape index (κ3) is 4.10. The highest BCUT2D eigenvalue weighted by atomic mass is 35.5. The molecule has 0 saturated carbocycles. The van der Waals surface area contributed by atoms with Gasteiger partial charge in [0.25, 0.3) is 0 Å². The topological polar surface area (TPSA) is 50.9 Å². The summed E-state index contributed by atoms with van der Waals surface area (Å²) in [5.74, 6) is 0.562. The van der Waals surface area contributed by atoms with Crippen LogP contribution < -0.4 is 11.1 Å². The summed E-state index contributed by atoms with van der Waals surface area (Å²) in [4.78, 5) is 4.25. The average Bonchev–Trinajstić information content (AvgIpc) is 2.45. The number of nitrogens with zero attached hydrogens (tertiary/aromatic N) is 1. The van der Waals surface area contributed by atoms with E-state index in [0.29, 0.717) is 15.9 Å². The number of likely N-dealkylation sites (N-methyl/N-ethyl adjacent to an activating group) is 1. The van der Waals surface area contributed by atoms with Crippen LogP contribution in [0.4, 0.5) is 5.82 Å². The molecule has 2 rings (SSSR count). The zero-order valence-electron chi connectivity index (χ0n) is 12.2. The van der Waals surface area contributed by atoms with Crippen molar-refractivity contribution >= 4 is 29.0 Å². The number of benzene rings is 1. The van der Waals surface area contributed by atoms with Gasteiger partial charge in [-0.15, -0.1) is 0 Å². The number of hydrogen-bond donors (Lipinski definition) is 2. The van der Waals surface area contributed by atoms with Crippen molar-refractivity contribution in [2.75, 3.05) is 12.3 Å². The Morgan fingerprint density at radius 2 is 2.00 bits per heavy atom. The minimum atomic E-state index is 0.0969. The zero-order chi connectivity index (χ0) is 15.4. The number of aromatic nitrogens is 1. The summed E-state index contributed by atoms with van der Waals surface area (Å²) in [5.41, 5.74) is 9.25. The van der Waals surface area contributed by atoms with E-state index in [1.54, 1.807) is 6.20 Å². The lowest BCUT2D eigenvalue weighted by Gasteiger charge is -2.20. The normalized spacial score (nSPS) is 12.4. The number of aryl methyl sites for hydroxylation is 1. The monoisotopic (exact) mass is 323 g/mol. The smallest absolute Gasteiger partial charge is 0.128 e. The number of anilines is 1. The van der Waals surface area contributed by atoms with Crippen LogP contribution >= 0.6 is 23.2 Å². The molecule has 1 aromatic carbocycles. The summed E-state index contributed by atoms with van der Waals surface area (Å²) in [6.07, 6.45) is 2.56. The molecule has 1 heterocycles. The van der Waals surface area contributed by atoms with Crippen LogP contribution in [-0.2, 0) is 6.42 Å². The van der Waals surface area contributed by atoms with Crippen molar-refractivity contribution < 1.29 is 0 Å². The Morgan fingerprint density at radius 1 is 1.24 bits per heavy atom. The van der Waals surface area contributed by atoms with Gasteiger partial charge in [0.15, 0.2) is 0 Å². The van der Waals surface area contributed by atoms with Crippen molar-refractivity contribution in [3.05, 3.63) is 57.2 Å². The highest BCUT2D eigenvalue weighted by Gasteiger charge is 2.15. The Kier molecular flexibility index (Phi) is 5.45. The zero-order valence-corrected chi connectivity index (χ0v) is 13.7. The highest BCUT2D eigenvalue weighted by Crippen LogP contribution is 2.27. The number of halogens is 2. The molecule has 0 fully saturated rings. The van der Waals surface area contributed by atoms with Gasteiger partial charge in [-0.3, -0.25) is 0 Å². The first-order valence-electron chi connectivity index (χ1n) is 6.90. The number of nitrogen functional groups attached to an aromatic ring is 1. The molecule has 5 heteroatoms. The molecule has 2 aromatic rings. The van der Waals surface area contributed by atoms with Gasteiger partial charge in [-0.05, 0) is 49.2 Å². The van der Waals surface area contributed by atoms with Crippen LogP contribution in [0.2, 0.25) is 10.0 Å². The second-order valence-electron chi connectivity index (χ2n) is 5.05. The minimum absolute atomic E-state index is 0.0969. The van der Waals surface area contributed by atoms with Crippen molar-refractivity contribution in [3.63, 3.8) is 0 Å². The van der Waals surface area contributed by atoms with Gasteiger partial charge in [-0.25, -0.2) is 4.98 Å². The average molecular weight is 324 g/mol. The maximum Gasteiger partial charge on any atom is 0.128 e. The van der Waals surface area contributed by atoms with E-state index in [1.807, 2.05) is 25.1 Å². The first kappa shape index (κ1) is 16.1. The molecular weight excluding hydrogens is 305 g/mol. The fourth-order valence-electron chi connectivity index (χ4n) is 2.32. The molecule has 0 aliphatic heterocycles. The van der Waals surface area contributed by atoms with Crippen LogP contribution in [0.5, 0.6) is 0 Å². The highest BCUT2D eigenvalue weighted by molar-refractivity contribution is 6.42. The summed E-state index contributed by atoms with van der Waals surface area (Å²) in [6.45, 7) is 4.93. The molecular formula is C16H19Cl2N3. The second-order valence-corrected chi connectivity index (χ2v) is 5.86. The quantitative estimate of drug-likeness (QED) is 0.868. The van der Waals surface area contributed by atoms with E-state index in [9.17, 15) is 0 Å². The molecule has 3 nitrogen and oxygen atoms in total. The first-order chi connectivity index (χ1) is 10.0. The van der Waals surface area contributed by atoms with Crippen molar-refractivity contribution in [1.82, 2.24) is 10.3 Å². The molecule has 0 amide bonds. The van der Waals surface area contributed by atoms with E-state index >= 15 is 0 Å². The molecule has 1 unspecified atom stereocenters. The molecule has 0 aliphatic carbocycles. The van der Waals surface area contributed by atoms with Crippen molar-refractivity contribution in [2.45, 2.75) is 26.3 Å². The van der Waals surface area contributed by atoms with E-state index in [1.165, 1.54) is 0 Å². The van der Waals surface area contributed by atoms with Gasteiger partial charge in [0.2, 0.25) is 0 Å². The van der Waals surface area contributed by atoms with Crippen LogP contribution in [0, 0.1) is 6.92 Å². The standard InChI is InChI=1S/C16H19Cl2N3/c1-3-20-15(12-6-10(2)9-21-16(12)19)8-11-4-5-13(17)14(18)7-11/h4-7,9,15,20H,3,8H2,1-2H3,(H2,19,21). The Balaban J connectivity index is 2.30. The van der Waals surface area contributed by atoms with Crippen LogP contribution in [-0.4, -0.2) is 11.5 Å². The molecule has 0 spiro atoms. The second kappa shape index (κ2) is 7.12. The SMILES string of the molecule is CCNC(Cc1ccc(Cl)c(Cl)c1)c1cc(C)cnc1N. The third-order valence-electron chi connectivity index (χ3n) is 3.34. The Bertz CT molecular complexity index is 629. The largest absolute Gasteiger partial charge is 0.383 e. The van der Waals surface area contributed by atoms with Crippen molar-refractivity contribution in [2.24, 2.45) is 0 Å². The van der Waals surface area contributed by atoms with Gasteiger partial charge in [0.1, 0.15) is 5.82 Å². The molecule has 21 heavy (non-hydrogen) atoms. The van der Waals surface area contributed by atoms with Crippen LogP contribution in [0.25, 0.3) is 0 Å². The van der Waals surface area contributed by atoms with Gasteiger partial charge >= 0.3 is 0 Å². The molecule has 0 radical (unpaired) electrons. The van der Waals surface area contributed by atoms with E-state index in [-0.39, 0.29) is 6.04 Å². The lowest BCUT2D eigenvalue weighted by Crippen LogP contribution is -2.24. The number of hydrogen-bond acceptors (Lipinski definition) is 3. The van der Waals surface area contributed by atoms with Gasteiger partial charge in [-0.2, -0.15) is 0 Å². The molecule has 112 valence electrons. The molecule has 0 bridgehead atoms. The molecule has 1 aromatic heterocycles. The Hall–Kier alpha value is -1.29. The van der Waals surface area contributed by atoms with Gasteiger partial charge in [-0.1, -0.05) is 36.2 Å². The summed E-state index contributed by atoms with van der Waals surface area (Å²) >= 11 is 12.1. The number of rotatable bonds is 5. The Morgan fingerprint density at radius 3 is 2.67 bits per heavy atom. The van der Waals surface area contributed by atoms with E-state index < -0.39 is 0 Å². The van der Waals surface area contributed by atoms with E-state index in [2.05, 4.69) is 23.3 Å².